The lowest BCUT2D eigenvalue weighted by Gasteiger charge is -2.25. The number of carbonyl (C=O) groups excluding carboxylic acids is 2. The number of nitrogens with zero attached hydrogens (tertiary/aromatic N) is 5. The lowest BCUT2D eigenvalue weighted by molar-refractivity contribution is -0.142. The first-order valence-corrected chi connectivity index (χ1v) is 11.0. The molecule has 2 aromatic heterocycles. The molecule has 1 aliphatic rings. The van der Waals surface area contributed by atoms with Gasteiger partial charge in [-0.1, -0.05) is 18.2 Å². The summed E-state index contributed by atoms with van der Waals surface area (Å²) in [4.78, 5) is 27.6. The molecule has 2 heterocycles. The Balaban J connectivity index is 1.54. The number of likely N-dealkylation sites (N-methyl/N-ethyl adjacent to an activating group) is 1. The van der Waals surface area contributed by atoms with Crippen LogP contribution >= 0.6 is 0 Å². The SMILES string of the molecule is CN(C(=O)C(Cn1cccn1)NC(=O)Cn1nc(C(F)(F)F)c2c1CCCC2)c1ccccc1. The van der Waals surface area contributed by atoms with Crippen LogP contribution in [0, 0.1) is 0 Å². The molecule has 0 saturated carbocycles. The Morgan fingerprint density at radius 2 is 1.88 bits per heavy atom. The summed E-state index contributed by atoms with van der Waals surface area (Å²) < 4.78 is 43.0. The molecule has 0 fully saturated rings. The molecule has 1 atom stereocenters. The molecule has 3 aromatic rings. The maximum absolute atomic E-state index is 13.5. The zero-order valence-electron chi connectivity index (χ0n) is 18.6. The van der Waals surface area contributed by atoms with E-state index in [1.54, 1.807) is 49.8 Å². The fourth-order valence-corrected chi connectivity index (χ4v) is 4.20. The molecule has 1 N–H and O–H groups in total. The van der Waals surface area contributed by atoms with E-state index in [0.717, 1.165) is 11.1 Å². The number of anilines is 1. The van der Waals surface area contributed by atoms with E-state index >= 15 is 0 Å². The zero-order valence-corrected chi connectivity index (χ0v) is 18.6. The van der Waals surface area contributed by atoms with E-state index in [4.69, 9.17) is 0 Å². The van der Waals surface area contributed by atoms with Crippen LogP contribution in [0.3, 0.4) is 0 Å². The standard InChI is InChI=1S/C23H25F3N6O2/c1-30(16-8-3-2-4-9-16)22(34)18(14-31-13-7-12-27-31)28-20(33)15-32-19-11-6-5-10-17(19)21(29-32)23(24,25)26/h2-4,7-9,12-13,18H,5-6,10-11,14-15H2,1H3,(H,28,33). The lowest BCUT2D eigenvalue weighted by Crippen LogP contribution is -2.50. The number of benzene rings is 1. The van der Waals surface area contributed by atoms with Gasteiger partial charge in [-0.3, -0.25) is 19.0 Å². The molecule has 0 bridgehead atoms. The Bertz CT molecular complexity index is 1140. The summed E-state index contributed by atoms with van der Waals surface area (Å²) in [6.45, 7) is -0.337. The van der Waals surface area contributed by atoms with Crippen LogP contribution in [0.1, 0.15) is 29.8 Å². The summed E-state index contributed by atoms with van der Waals surface area (Å²) in [5, 5.41) is 10.5. The first kappa shape index (κ1) is 23.5. The van der Waals surface area contributed by atoms with Crippen LogP contribution in [-0.4, -0.2) is 44.5 Å². The zero-order chi connectivity index (χ0) is 24.3. The first-order chi connectivity index (χ1) is 16.2. The number of aromatic nitrogens is 4. The van der Waals surface area contributed by atoms with E-state index in [-0.39, 0.29) is 24.4 Å². The summed E-state index contributed by atoms with van der Waals surface area (Å²) in [5.41, 5.74) is 0.316. The van der Waals surface area contributed by atoms with Crippen molar-refractivity contribution in [3.8, 4) is 0 Å². The Morgan fingerprint density at radius 1 is 1.15 bits per heavy atom. The van der Waals surface area contributed by atoms with Crippen molar-refractivity contribution < 1.29 is 22.8 Å². The number of para-hydroxylation sites is 1. The van der Waals surface area contributed by atoms with Crippen molar-refractivity contribution in [1.82, 2.24) is 24.9 Å². The van der Waals surface area contributed by atoms with E-state index < -0.39 is 30.4 Å². The van der Waals surface area contributed by atoms with Crippen molar-refractivity contribution in [2.24, 2.45) is 0 Å². The van der Waals surface area contributed by atoms with Gasteiger partial charge in [-0.2, -0.15) is 23.4 Å². The van der Waals surface area contributed by atoms with Crippen molar-refractivity contribution >= 4 is 17.5 Å². The van der Waals surface area contributed by atoms with Crippen LogP contribution in [0.15, 0.2) is 48.8 Å². The van der Waals surface area contributed by atoms with E-state index in [2.05, 4.69) is 15.5 Å². The van der Waals surface area contributed by atoms with Crippen molar-refractivity contribution in [3.05, 3.63) is 65.7 Å². The van der Waals surface area contributed by atoms with Crippen LogP contribution in [-0.2, 0) is 41.7 Å². The van der Waals surface area contributed by atoms with Crippen LogP contribution in [0.2, 0.25) is 0 Å². The van der Waals surface area contributed by atoms with Gasteiger partial charge in [0.25, 0.3) is 5.91 Å². The minimum absolute atomic E-state index is 0.0692. The number of nitrogens with one attached hydrogen (secondary N) is 1. The molecule has 0 saturated heterocycles. The van der Waals surface area contributed by atoms with Gasteiger partial charge >= 0.3 is 6.18 Å². The summed E-state index contributed by atoms with van der Waals surface area (Å²) in [6.07, 6.45) is 0.736. The highest BCUT2D eigenvalue weighted by molar-refractivity contribution is 5.98. The fraction of sp³-hybridized carbons (Fsp3) is 0.391. The molecule has 1 unspecified atom stereocenters. The molecule has 1 aliphatic carbocycles. The summed E-state index contributed by atoms with van der Waals surface area (Å²) in [7, 11) is 1.60. The highest BCUT2D eigenvalue weighted by Gasteiger charge is 2.39. The average Bonchev–Trinajstić information content (AvgIpc) is 3.46. The molecule has 4 rings (SSSR count). The third-order valence-electron chi connectivity index (χ3n) is 5.85. The van der Waals surface area contributed by atoms with Crippen molar-refractivity contribution in [3.63, 3.8) is 0 Å². The van der Waals surface area contributed by atoms with Gasteiger partial charge in [0.15, 0.2) is 5.69 Å². The fourth-order valence-electron chi connectivity index (χ4n) is 4.20. The minimum atomic E-state index is -4.58. The quantitative estimate of drug-likeness (QED) is 0.571. The van der Waals surface area contributed by atoms with Crippen LogP contribution < -0.4 is 10.2 Å². The van der Waals surface area contributed by atoms with Gasteiger partial charge in [0.05, 0.1) is 6.54 Å². The van der Waals surface area contributed by atoms with Crippen molar-refractivity contribution in [2.75, 3.05) is 11.9 Å². The predicted octanol–water partition coefficient (Wildman–Crippen LogP) is 2.83. The third-order valence-corrected chi connectivity index (χ3v) is 5.85. The summed E-state index contributed by atoms with van der Waals surface area (Å²) >= 11 is 0. The van der Waals surface area contributed by atoms with Crippen LogP contribution in [0.5, 0.6) is 0 Å². The Labute approximate surface area is 194 Å². The van der Waals surface area contributed by atoms with Gasteiger partial charge in [-0.25, -0.2) is 0 Å². The molecule has 8 nitrogen and oxygen atoms in total. The van der Waals surface area contributed by atoms with Gasteiger partial charge in [-0.05, 0) is 43.9 Å². The number of rotatable bonds is 7. The molecular weight excluding hydrogens is 449 g/mol. The molecule has 34 heavy (non-hydrogen) atoms. The number of alkyl halides is 3. The second kappa shape index (κ2) is 9.70. The summed E-state index contributed by atoms with van der Waals surface area (Å²) in [6, 6.07) is 9.65. The Kier molecular flexibility index (Phi) is 6.71. The van der Waals surface area contributed by atoms with Crippen LogP contribution in [0.25, 0.3) is 0 Å². The molecule has 0 aliphatic heterocycles. The molecular formula is C23H25F3N6O2. The van der Waals surface area contributed by atoms with E-state index in [1.807, 2.05) is 6.07 Å². The van der Waals surface area contributed by atoms with Gasteiger partial charge in [0.1, 0.15) is 12.6 Å². The number of halogens is 3. The highest BCUT2D eigenvalue weighted by atomic mass is 19.4. The monoisotopic (exact) mass is 474 g/mol. The lowest BCUT2D eigenvalue weighted by atomic mass is 9.95. The molecule has 2 amide bonds. The number of hydrogen-bond donors (Lipinski definition) is 1. The molecule has 0 radical (unpaired) electrons. The van der Waals surface area contributed by atoms with Gasteiger partial charge in [0, 0.05) is 36.4 Å². The average molecular weight is 474 g/mol. The number of amides is 2. The number of fused-ring (bicyclic) bond motifs is 1. The summed E-state index contributed by atoms with van der Waals surface area (Å²) in [5.74, 6) is -0.981. The normalized spacial score (nSPS) is 14.4. The van der Waals surface area contributed by atoms with Gasteiger partial charge in [0.2, 0.25) is 5.91 Å². The third kappa shape index (κ3) is 5.13. The van der Waals surface area contributed by atoms with Crippen LogP contribution in [0.4, 0.5) is 18.9 Å². The number of hydrogen-bond acceptors (Lipinski definition) is 4. The van der Waals surface area contributed by atoms with Gasteiger partial charge < -0.3 is 10.2 Å². The second-order valence-corrected chi connectivity index (χ2v) is 8.22. The first-order valence-electron chi connectivity index (χ1n) is 11.0. The number of carbonyl (C=O) groups is 2. The van der Waals surface area contributed by atoms with Crippen molar-refractivity contribution in [1.29, 1.82) is 0 Å². The molecule has 11 heteroatoms. The van der Waals surface area contributed by atoms with E-state index in [0.29, 0.717) is 24.2 Å². The van der Waals surface area contributed by atoms with E-state index in [9.17, 15) is 22.8 Å². The molecule has 180 valence electrons. The topological polar surface area (TPSA) is 85.0 Å². The maximum atomic E-state index is 13.5. The predicted molar refractivity (Wildman–Crippen MR) is 118 cm³/mol. The molecule has 1 aromatic carbocycles. The highest BCUT2D eigenvalue weighted by Crippen LogP contribution is 2.35. The van der Waals surface area contributed by atoms with E-state index in [1.165, 1.54) is 9.58 Å². The smallest absolute Gasteiger partial charge is 0.341 e. The molecule has 0 spiro atoms. The Hall–Kier alpha value is -3.63. The Morgan fingerprint density at radius 3 is 2.56 bits per heavy atom. The largest absolute Gasteiger partial charge is 0.435 e. The minimum Gasteiger partial charge on any atom is -0.341 e. The maximum Gasteiger partial charge on any atom is 0.435 e. The van der Waals surface area contributed by atoms with Crippen molar-refractivity contribution in [2.45, 2.75) is 51.0 Å². The van der Waals surface area contributed by atoms with Gasteiger partial charge in [-0.15, -0.1) is 0 Å². The second-order valence-electron chi connectivity index (χ2n) is 8.22.